The van der Waals surface area contributed by atoms with Crippen molar-refractivity contribution in [1.29, 1.82) is 0 Å². The molecule has 1 heteroatoms. The van der Waals surface area contributed by atoms with Gasteiger partial charge in [0.2, 0.25) is 0 Å². The Bertz CT molecular complexity index is 710. The number of hydrogen-bond acceptors (Lipinski definition) is 1. The summed E-state index contributed by atoms with van der Waals surface area (Å²) in [6.07, 6.45) is 3.91. The Labute approximate surface area is 127 Å². The third-order valence-electron chi connectivity index (χ3n) is 4.70. The molecule has 0 radical (unpaired) electrons. The lowest BCUT2D eigenvalue weighted by Gasteiger charge is -2.23. The number of carbonyl (C=O) groups is 1. The molecule has 0 heterocycles. The van der Waals surface area contributed by atoms with E-state index in [2.05, 4.69) is 39.0 Å². The minimum absolute atomic E-state index is 0.207. The molecule has 0 atom stereocenters. The summed E-state index contributed by atoms with van der Waals surface area (Å²) in [6, 6.07) is 10.6. The summed E-state index contributed by atoms with van der Waals surface area (Å²) in [4.78, 5) is 12.8. The zero-order valence-electron chi connectivity index (χ0n) is 13.1. The summed E-state index contributed by atoms with van der Waals surface area (Å²) in [7, 11) is 0. The van der Waals surface area contributed by atoms with Gasteiger partial charge in [-0.3, -0.25) is 4.79 Å². The maximum Gasteiger partial charge on any atom is 0.193 e. The highest BCUT2D eigenvalue weighted by molar-refractivity contribution is 6.12. The lowest BCUT2D eigenvalue weighted by molar-refractivity contribution is 0.103. The first-order valence-electron chi connectivity index (χ1n) is 7.99. The van der Waals surface area contributed by atoms with Gasteiger partial charge in [-0.15, -0.1) is 0 Å². The van der Waals surface area contributed by atoms with Crippen LogP contribution in [0.5, 0.6) is 0 Å². The number of aryl methyl sites for hydroxylation is 3. The Morgan fingerprint density at radius 1 is 0.857 bits per heavy atom. The van der Waals surface area contributed by atoms with Crippen LogP contribution in [0.1, 0.15) is 64.5 Å². The highest BCUT2D eigenvalue weighted by Gasteiger charge is 2.25. The van der Waals surface area contributed by atoms with Crippen molar-refractivity contribution in [3.8, 4) is 0 Å². The van der Waals surface area contributed by atoms with Crippen molar-refractivity contribution in [1.82, 2.24) is 0 Å². The van der Waals surface area contributed by atoms with Crippen molar-refractivity contribution in [3.05, 3.63) is 69.3 Å². The maximum absolute atomic E-state index is 12.8. The van der Waals surface area contributed by atoms with Crippen molar-refractivity contribution < 1.29 is 4.79 Å². The molecule has 2 aromatic rings. The van der Waals surface area contributed by atoms with Crippen LogP contribution >= 0.6 is 0 Å². The molecule has 0 spiro atoms. The Balaban J connectivity index is 2.19. The number of hydrogen-bond donors (Lipinski definition) is 0. The monoisotopic (exact) mass is 278 g/mol. The first-order valence-corrected chi connectivity index (χ1v) is 7.99. The van der Waals surface area contributed by atoms with Gasteiger partial charge in [0.05, 0.1) is 0 Å². The van der Waals surface area contributed by atoms with Crippen LogP contribution in [-0.2, 0) is 25.7 Å². The molecule has 1 aliphatic carbocycles. The third-order valence-corrected chi connectivity index (χ3v) is 4.70. The van der Waals surface area contributed by atoms with E-state index in [-0.39, 0.29) is 5.78 Å². The minimum atomic E-state index is 0.207. The highest BCUT2D eigenvalue weighted by atomic mass is 16.1. The van der Waals surface area contributed by atoms with Gasteiger partial charge < -0.3 is 0 Å². The molecule has 21 heavy (non-hydrogen) atoms. The normalized spacial score (nSPS) is 13.0. The number of ketones is 1. The zero-order valence-corrected chi connectivity index (χ0v) is 13.1. The van der Waals surface area contributed by atoms with Gasteiger partial charge in [-0.2, -0.15) is 0 Å². The molecule has 0 amide bonds. The molecule has 0 bridgehead atoms. The van der Waals surface area contributed by atoms with E-state index < -0.39 is 0 Å². The van der Waals surface area contributed by atoms with E-state index in [4.69, 9.17) is 0 Å². The van der Waals surface area contributed by atoms with E-state index in [1.807, 2.05) is 12.1 Å². The molecule has 0 aromatic heterocycles. The van der Waals surface area contributed by atoms with E-state index in [1.54, 1.807) is 0 Å². The van der Waals surface area contributed by atoms with Gasteiger partial charge in [0.25, 0.3) is 0 Å². The SMILES string of the molecule is CCc1cc2c(cc1CC)C(=O)c1cccc(CC)c1C2. The number of carbonyl (C=O) groups excluding carboxylic acids is 1. The quantitative estimate of drug-likeness (QED) is 0.689. The zero-order chi connectivity index (χ0) is 15.0. The molecule has 1 aliphatic rings. The van der Waals surface area contributed by atoms with Crippen molar-refractivity contribution in [3.63, 3.8) is 0 Å². The van der Waals surface area contributed by atoms with Gasteiger partial charge in [-0.25, -0.2) is 0 Å². The highest BCUT2D eigenvalue weighted by Crippen LogP contribution is 2.31. The van der Waals surface area contributed by atoms with Crippen molar-refractivity contribution in [2.75, 3.05) is 0 Å². The van der Waals surface area contributed by atoms with Gasteiger partial charge in [0.15, 0.2) is 5.78 Å². The Hall–Kier alpha value is -1.89. The van der Waals surface area contributed by atoms with Crippen molar-refractivity contribution >= 4 is 5.78 Å². The lowest BCUT2D eigenvalue weighted by Crippen LogP contribution is -2.18. The summed E-state index contributed by atoms with van der Waals surface area (Å²) >= 11 is 0. The fourth-order valence-electron chi connectivity index (χ4n) is 3.48. The topological polar surface area (TPSA) is 17.1 Å². The average molecular weight is 278 g/mol. The van der Waals surface area contributed by atoms with Gasteiger partial charge >= 0.3 is 0 Å². The van der Waals surface area contributed by atoms with Crippen LogP contribution in [0.2, 0.25) is 0 Å². The predicted octanol–water partition coefficient (Wildman–Crippen LogP) is 4.51. The first kappa shape index (κ1) is 14.1. The molecule has 3 rings (SSSR count). The number of fused-ring (bicyclic) bond motifs is 2. The summed E-state index contributed by atoms with van der Waals surface area (Å²) in [5.74, 6) is 0.207. The van der Waals surface area contributed by atoms with Crippen LogP contribution in [0, 0.1) is 0 Å². The second-order valence-electron chi connectivity index (χ2n) is 5.79. The molecular formula is C20H22O. The molecule has 0 saturated carbocycles. The van der Waals surface area contributed by atoms with Crippen LogP contribution in [0.3, 0.4) is 0 Å². The third kappa shape index (κ3) is 2.21. The van der Waals surface area contributed by atoms with Gasteiger partial charge in [-0.05, 0) is 59.6 Å². The Morgan fingerprint density at radius 2 is 1.52 bits per heavy atom. The van der Waals surface area contributed by atoms with Crippen LogP contribution in [0.4, 0.5) is 0 Å². The molecule has 1 nitrogen and oxygen atoms in total. The maximum atomic E-state index is 12.8. The summed E-state index contributed by atoms with van der Waals surface area (Å²) in [5.41, 5.74) is 8.30. The molecule has 2 aromatic carbocycles. The average Bonchev–Trinajstić information content (AvgIpc) is 2.53. The first-order chi connectivity index (χ1) is 10.2. The predicted molar refractivity (Wildman–Crippen MR) is 87.3 cm³/mol. The number of benzene rings is 2. The smallest absolute Gasteiger partial charge is 0.193 e. The number of rotatable bonds is 3. The van der Waals surface area contributed by atoms with E-state index in [0.717, 1.165) is 36.8 Å². The standard InChI is InChI=1S/C20H22O/c1-4-13-8-7-9-17-18(13)12-16-10-14(5-2)15(6-3)11-19(16)20(17)21/h7-11H,4-6,12H2,1-3H3. The van der Waals surface area contributed by atoms with Crippen molar-refractivity contribution in [2.45, 2.75) is 46.5 Å². The summed E-state index contributed by atoms with van der Waals surface area (Å²) in [5, 5.41) is 0. The fourth-order valence-corrected chi connectivity index (χ4v) is 3.48. The van der Waals surface area contributed by atoms with Crippen LogP contribution in [-0.4, -0.2) is 5.78 Å². The van der Waals surface area contributed by atoms with Gasteiger partial charge in [-0.1, -0.05) is 45.0 Å². The Morgan fingerprint density at radius 3 is 2.19 bits per heavy atom. The molecule has 0 saturated heterocycles. The second kappa shape index (κ2) is 5.48. The second-order valence-corrected chi connectivity index (χ2v) is 5.79. The van der Waals surface area contributed by atoms with Crippen LogP contribution in [0.25, 0.3) is 0 Å². The summed E-state index contributed by atoms with van der Waals surface area (Å²) < 4.78 is 0. The lowest BCUT2D eigenvalue weighted by atomic mass is 9.80. The van der Waals surface area contributed by atoms with Crippen LogP contribution < -0.4 is 0 Å². The molecule has 108 valence electrons. The van der Waals surface area contributed by atoms with E-state index in [0.29, 0.717) is 0 Å². The fraction of sp³-hybridized carbons (Fsp3) is 0.350. The molecule has 0 aliphatic heterocycles. The summed E-state index contributed by atoms with van der Waals surface area (Å²) in [6.45, 7) is 6.52. The molecule has 0 fully saturated rings. The van der Waals surface area contributed by atoms with E-state index in [9.17, 15) is 4.79 Å². The van der Waals surface area contributed by atoms with Gasteiger partial charge in [0.1, 0.15) is 0 Å². The van der Waals surface area contributed by atoms with E-state index >= 15 is 0 Å². The van der Waals surface area contributed by atoms with Crippen molar-refractivity contribution in [2.24, 2.45) is 0 Å². The van der Waals surface area contributed by atoms with Crippen LogP contribution in [0.15, 0.2) is 30.3 Å². The molecule has 0 unspecified atom stereocenters. The van der Waals surface area contributed by atoms with Gasteiger partial charge in [0, 0.05) is 11.1 Å². The minimum Gasteiger partial charge on any atom is -0.289 e. The Kier molecular flexibility index (Phi) is 3.67. The largest absolute Gasteiger partial charge is 0.289 e. The molecular weight excluding hydrogens is 256 g/mol. The van der Waals surface area contributed by atoms with E-state index in [1.165, 1.54) is 27.8 Å². The molecule has 0 N–H and O–H groups in total.